The van der Waals surface area contributed by atoms with Gasteiger partial charge in [-0.05, 0) is 52.4 Å². The van der Waals surface area contributed by atoms with Crippen LogP contribution < -0.4 is 0 Å². The molecule has 4 aliphatic rings. The van der Waals surface area contributed by atoms with Gasteiger partial charge in [0.1, 0.15) is 5.75 Å². The third-order valence-electron chi connectivity index (χ3n) is 6.76. The number of allylic oxidation sites excluding steroid dienone is 6. The summed E-state index contributed by atoms with van der Waals surface area (Å²) in [7, 11) is 1.50. The Morgan fingerprint density at radius 2 is 1.87 bits per heavy atom. The number of Topliss-reactive ketones (excluding diaryl/α,β-unsaturated/α-hetero) is 1. The Morgan fingerprint density at radius 1 is 1.10 bits per heavy atom. The first kappa shape index (κ1) is 19.2. The van der Waals surface area contributed by atoms with Crippen molar-refractivity contribution in [1.29, 1.82) is 0 Å². The topological polar surface area (TPSA) is 91.8 Å². The summed E-state index contributed by atoms with van der Waals surface area (Å²) in [6.45, 7) is 0. The van der Waals surface area contributed by atoms with Gasteiger partial charge in [0.05, 0.1) is 16.3 Å². The Morgan fingerprint density at radius 3 is 2.60 bits per heavy atom. The van der Waals surface area contributed by atoms with Crippen LogP contribution in [-0.4, -0.2) is 40.4 Å². The van der Waals surface area contributed by atoms with Crippen LogP contribution in [0, 0.1) is 17.8 Å². The predicted octanol–water partition coefficient (Wildman–Crippen LogP) is 2.78. The van der Waals surface area contributed by atoms with Crippen molar-refractivity contribution in [2.45, 2.75) is 18.8 Å². The van der Waals surface area contributed by atoms with E-state index in [9.17, 15) is 24.3 Å². The molecule has 0 bridgehead atoms. The monoisotopic (exact) mass is 467 g/mol. The van der Waals surface area contributed by atoms with Gasteiger partial charge >= 0.3 is 0 Å². The quantitative estimate of drug-likeness (QED) is 0.389. The van der Waals surface area contributed by atoms with Crippen molar-refractivity contribution in [3.8, 4) is 5.75 Å². The molecular formula is C23H18BrNO5. The van der Waals surface area contributed by atoms with E-state index in [0.29, 0.717) is 23.1 Å². The minimum atomic E-state index is -0.538. The molecule has 1 aromatic rings. The van der Waals surface area contributed by atoms with Gasteiger partial charge < -0.3 is 5.11 Å². The minimum absolute atomic E-state index is 0.0595. The second-order valence-corrected chi connectivity index (χ2v) is 9.08. The third kappa shape index (κ3) is 2.54. The molecule has 1 aliphatic heterocycles. The molecule has 0 radical (unpaired) electrons. The number of fused-ring (bicyclic) bond motifs is 3. The average molecular weight is 468 g/mol. The molecular weight excluding hydrogens is 450 g/mol. The number of phenols is 1. The SMILES string of the molecule is CN1C(=O)C2CC=C3C(c4cccc(O)c4)C4=C(CC3C2C1=O)C(=O)C(Br)=CC4=O. The molecule has 30 heavy (non-hydrogen) atoms. The van der Waals surface area contributed by atoms with Gasteiger partial charge in [0, 0.05) is 30.2 Å². The fourth-order valence-corrected chi connectivity index (χ4v) is 5.90. The Bertz CT molecular complexity index is 1140. The van der Waals surface area contributed by atoms with E-state index in [-0.39, 0.29) is 46.0 Å². The molecule has 3 aliphatic carbocycles. The minimum Gasteiger partial charge on any atom is -0.508 e. The highest BCUT2D eigenvalue weighted by Crippen LogP contribution is 2.55. The summed E-state index contributed by atoms with van der Waals surface area (Å²) < 4.78 is 0.201. The van der Waals surface area contributed by atoms with E-state index in [1.807, 2.05) is 12.1 Å². The molecule has 152 valence electrons. The number of phenolic OH excluding ortho intramolecular Hbond substituents is 1. The van der Waals surface area contributed by atoms with Gasteiger partial charge in [-0.1, -0.05) is 23.8 Å². The number of hydrogen-bond acceptors (Lipinski definition) is 5. The Kier molecular flexibility index (Phi) is 4.22. The summed E-state index contributed by atoms with van der Waals surface area (Å²) in [5.74, 6) is -2.73. The zero-order valence-electron chi connectivity index (χ0n) is 16.1. The molecule has 0 saturated carbocycles. The second-order valence-electron chi connectivity index (χ2n) is 8.22. The van der Waals surface area contributed by atoms with E-state index in [1.165, 1.54) is 18.0 Å². The van der Waals surface area contributed by atoms with Gasteiger partial charge in [0.25, 0.3) is 0 Å². The van der Waals surface area contributed by atoms with E-state index in [1.54, 1.807) is 18.2 Å². The van der Waals surface area contributed by atoms with Crippen LogP contribution in [0.1, 0.15) is 24.3 Å². The van der Waals surface area contributed by atoms with Crippen molar-refractivity contribution in [2.24, 2.45) is 17.8 Å². The number of amides is 2. The van der Waals surface area contributed by atoms with Crippen LogP contribution in [0.4, 0.5) is 0 Å². The van der Waals surface area contributed by atoms with Crippen LogP contribution in [-0.2, 0) is 19.2 Å². The van der Waals surface area contributed by atoms with Gasteiger partial charge in [-0.15, -0.1) is 0 Å². The maximum Gasteiger partial charge on any atom is 0.233 e. The van der Waals surface area contributed by atoms with E-state index in [2.05, 4.69) is 15.9 Å². The zero-order chi connectivity index (χ0) is 21.3. The van der Waals surface area contributed by atoms with E-state index in [4.69, 9.17) is 0 Å². The molecule has 1 heterocycles. The Balaban J connectivity index is 1.72. The second kappa shape index (κ2) is 6.60. The van der Waals surface area contributed by atoms with Gasteiger partial charge in [-0.2, -0.15) is 0 Å². The molecule has 4 atom stereocenters. The largest absolute Gasteiger partial charge is 0.508 e. The van der Waals surface area contributed by atoms with Gasteiger partial charge in [-0.3, -0.25) is 24.1 Å². The number of likely N-dealkylation sites (tertiary alicyclic amines) is 1. The lowest BCUT2D eigenvalue weighted by Crippen LogP contribution is -2.39. The lowest BCUT2D eigenvalue weighted by Gasteiger charge is -2.42. The maximum atomic E-state index is 13.0. The molecule has 0 spiro atoms. The van der Waals surface area contributed by atoms with Crippen LogP contribution in [0.25, 0.3) is 0 Å². The van der Waals surface area contributed by atoms with Gasteiger partial charge in [0.2, 0.25) is 11.8 Å². The predicted molar refractivity (Wildman–Crippen MR) is 110 cm³/mol. The Labute approximate surface area is 181 Å². The molecule has 7 heteroatoms. The smallest absolute Gasteiger partial charge is 0.233 e. The van der Waals surface area contributed by atoms with Gasteiger partial charge in [-0.25, -0.2) is 0 Å². The maximum absolute atomic E-state index is 13.0. The van der Waals surface area contributed by atoms with Crippen molar-refractivity contribution >= 4 is 39.3 Å². The normalized spacial score (nSPS) is 30.7. The number of carbonyl (C=O) groups excluding carboxylic acids is 4. The third-order valence-corrected chi connectivity index (χ3v) is 7.34. The molecule has 6 nitrogen and oxygen atoms in total. The highest BCUT2D eigenvalue weighted by Gasteiger charge is 2.55. The number of aromatic hydroxyl groups is 1. The molecule has 4 unspecified atom stereocenters. The van der Waals surface area contributed by atoms with Crippen LogP contribution in [0.5, 0.6) is 5.75 Å². The summed E-state index contributed by atoms with van der Waals surface area (Å²) >= 11 is 3.19. The van der Waals surface area contributed by atoms with Crippen molar-refractivity contribution in [3.05, 3.63) is 63.2 Å². The summed E-state index contributed by atoms with van der Waals surface area (Å²) in [4.78, 5) is 52.6. The fraction of sp³-hybridized carbons (Fsp3) is 0.304. The van der Waals surface area contributed by atoms with Crippen molar-refractivity contribution in [3.63, 3.8) is 0 Å². The van der Waals surface area contributed by atoms with Crippen LogP contribution >= 0.6 is 15.9 Å². The number of rotatable bonds is 1. The fourth-order valence-electron chi connectivity index (χ4n) is 5.45. The van der Waals surface area contributed by atoms with Crippen LogP contribution in [0.3, 0.4) is 0 Å². The molecule has 5 rings (SSSR count). The van der Waals surface area contributed by atoms with Crippen LogP contribution in [0.2, 0.25) is 0 Å². The lowest BCUT2D eigenvalue weighted by atomic mass is 9.59. The number of halogens is 1. The molecule has 0 aromatic heterocycles. The lowest BCUT2D eigenvalue weighted by molar-refractivity contribution is -0.138. The van der Waals surface area contributed by atoms with Crippen molar-refractivity contribution < 1.29 is 24.3 Å². The first-order chi connectivity index (χ1) is 14.3. The first-order valence-electron chi connectivity index (χ1n) is 9.79. The number of ketones is 2. The highest BCUT2D eigenvalue weighted by atomic mass is 79.9. The van der Waals surface area contributed by atoms with Crippen molar-refractivity contribution in [2.75, 3.05) is 7.05 Å². The zero-order valence-corrected chi connectivity index (χ0v) is 17.7. The molecule has 2 amide bonds. The number of hydrogen-bond donors (Lipinski definition) is 1. The summed E-state index contributed by atoms with van der Waals surface area (Å²) in [6.07, 6.45) is 3.92. The number of imide groups is 1. The Hall–Kier alpha value is -2.80. The van der Waals surface area contributed by atoms with Gasteiger partial charge in [0.15, 0.2) is 11.6 Å². The van der Waals surface area contributed by atoms with E-state index >= 15 is 0 Å². The average Bonchev–Trinajstić information content (AvgIpc) is 2.95. The number of benzene rings is 1. The highest BCUT2D eigenvalue weighted by molar-refractivity contribution is 9.12. The van der Waals surface area contributed by atoms with E-state index < -0.39 is 17.8 Å². The molecule has 1 saturated heterocycles. The first-order valence-corrected chi connectivity index (χ1v) is 10.6. The summed E-state index contributed by atoms with van der Waals surface area (Å²) in [5.41, 5.74) is 2.36. The molecule has 1 fully saturated rings. The summed E-state index contributed by atoms with van der Waals surface area (Å²) in [5, 5.41) is 10.0. The van der Waals surface area contributed by atoms with Crippen molar-refractivity contribution in [1.82, 2.24) is 4.90 Å². The number of carbonyl (C=O) groups is 4. The standard InChI is InChI=1S/C23H18BrNO5/c1-25-22(29)13-6-5-12-14(19(13)23(25)30)8-15-20(17(27)9-16(24)21(15)28)18(12)10-3-2-4-11(26)7-10/h2-5,7,9,13-14,18-19,26H,6,8H2,1H3. The summed E-state index contributed by atoms with van der Waals surface area (Å²) in [6, 6.07) is 6.63. The van der Waals surface area contributed by atoms with Crippen LogP contribution in [0.15, 0.2) is 57.6 Å². The van der Waals surface area contributed by atoms with E-state index in [0.717, 1.165) is 5.57 Å². The number of nitrogens with zero attached hydrogens (tertiary/aromatic N) is 1. The molecule has 1 aromatic carbocycles. The molecule has 1 N–H and O–H groups in total.